The highest BCUT2D eigenvalue weighted by Gasteiger charge is 2.30. The molecule has 0 bridgehead atoms. The van der Waals surface area contributed by atoms with E-state index >= 15 is 0 Å². The Balaban J connectivity index is 2.07. The molecule has 0 spiro atoms. The van der Waals surface area contributed by atoms with Gasteiger partial charge in [0.25, 0.3) is 11.6 Å². The van der Waals surface area contributed by atoms with Gasteiger partial charge in [0.1, 0.15) is 4.47 Å². The Kier molecular flexibility index (Phi) is 4.95. The lowest BCUT2D eigenvalue weighted by atomic mass is 9.85. The first-order chi connectivity index (χ1) is 9.93. The molecule has 1 amide bonds. The SMILES string of the molecule is O=C(NCC1(O)CCCCC1)c1cccc([N+](=O)[O-])c1Br. The zero-order valence-corrected chi connectivity index (χ0v) is 13.1. The fourth-order valence-electron chi connectivity index (χ4n) is 2.56. The van der Waals surface area contributed by atoms with E-state index in [0.29, 0.717) is 12.8 Å². The van der Waals surface area contributed by atoms with E-state index in [1.165, 1.54) is 18.2 Å². The molecule has 1 aliphatic rings. The smallest absolute Gasteiger partial charge is 0.284 e. The summed E-state index contributed by atoms with van der Waals surface area (Å²) in [6.45, 7) is 0.168. The van der Waals surface area contributed by atoms with E-state index in [1.54, 1.807) is 0 Å². The highest BCUT2D eigenvalue weighted by Crippen LogP contribution is 2.29. The van der Waals surface area contributed by atoms with Crippen molar-refractivity contribution in [3.05, 3.63) is 38.3 Å². The molecule has 0 aliphatic heterocycles. The zero-order valence-electron chi connectivity index (χ0n) is 11.5. The first kappa shape index (κ1) is 15.9. The Bertz CT molecular complexity index is 556. The third-order valence-electron chi connectivity index (χ3n) is 3.78. The number of carbonyl (C=O) groups is 1. The maximum atomic E-state index is 12.2. The van der Waals surface area contributed by atoms with E-state index in [1.807, 2.05) is 0 Å². The van der Waals surface area contributed by atoms with E-state index in [2.05, 4.69) is 21.2 Å². The summed E-state index contributed by atoms with van der Waals surface area (Å²) in [7, 11) is 0. The van der Waals surface area contributed by atoms with Gasteiger partial charge in [0.2, 0.25) is 0 Å². The molecular weight excluding hydrogens is 340 g/mol. The molecular formula is C14H17BrN2O4. The fraction of sp³-hybridized carbons (Fsp3) is 0.500. The minimum Gasteiger partial charge on any atom is -0.388 e. The maximum absolute atomic E-state index is 12.2. The number of nitrogens with zero attached hydrogens (tertiary/aromatic N) is 1. The lowest BCUT2D eigenvalue weighted by molar-refractivity contribution is -0.385. The number of nitro groups is 1. The lowest BCUT2D eigenvalue weighted by Gasteiger charge is -2.32. The van der Waals surface area contributed by atoms with E-state index < -0.39 is 16.4 Å². The second kappa shape index (κ2) is 6.53. The molecule has 6 nitrogen and oxygen atoms in total. The lowest BCUT2D eigenvalue weighted by Crippen LogP contribution is -2.44. The van der Waals surface area contributed by atoms with Gasteiger partial charge in [0.05, 0.1) is 16.1 Å². The van der Waals surface area contributed by atoms with Gasteiger partial charge in [0.15, 0.2) is 0 Å². The van der Waals surface area contributed by atoms with Crippen molar-refractivity contribution in [3.8, 4) is 0 Å². The number of aliphatic hydroxyl groups is 1. The van der Waals surface area contributed by atoms with Crippen molar-refractivity contribution in [2.75, 3.05) is 6.54 Å². The first-order valence-electron chi connectivity index (χ1n) is 6.86. The van der Waals surface area contributed by atoms with Crippen LogP contribution in [-0.2, 0) is 0 Å². The number of nitro benzene ring substituents is 1. The van der Waals surface area contributed by atoms with Crippen molar-refractivity contribution >= 4 is 27.5 Å². The predicted octanol–water partition coefficient (Wildman–Crippen LogP) is 2.78. The van der Waals surface area contributed by atoms with Crippen molar-refractivity contribution in [1.29, 1.82) is 0 Å². The number of hydrogen-bond donors (Lipinski definition) is 2. The van der Waals surface area contributed by atoms with Crippen LogP contribution in [0.2, 0.25) is 0 Å². The van der Waals surface area contributed by atoms with Gasteiger partial charge in [-0.1, -0.05) is 25.3 Å². The number of benzene rings is 1. The van der Waals surface area contributed by atoms with Crippen LogP contribution in [0.25, 0.3) is 0 Å². The van der Waals surface area contributed by atoms with Crippen molar-refractivity contribution in [3.63, 3.8) is 0 Å². The molecule has 114 valence electrons. The van der Waals surface area contributed by atoms with Gasteiger partial charge in [-0.15, -0.1) is 0 Å². The second-order valence-corrected chi connectivity index (χ2v) is 6.16. The van der Waals surface area contributed by atoms with E-state index in [-0.39, 0.29) is 22.3 Å². The van der Waals surface area contributed by atoms with Crippen LogP contribution in [0.4, 0.5) is 5.69 Å². The molecule has 0 aromatic heterocycles. The van der Waals surface area contributed by atoms with Gasteiger partial charge >= 0.3 is 0 Å². The van der Waals surface area contributed by atoms with Crippen molar-refractivity contribution < 1.29 is 14.8 Å². The molecule has 21 heavy (non-hydrogen) atoms. The Labute approximate surface area is 130 Å². The molecule has 1 aliphatic carbocycles. The van der Waals surface area contributed by atoms with Crippen LogP contribution in [0.3, 0.4) is 0 Å². The quantitative estimate of drug-likeness (QED) is 0.640. The summed E-state index contributed by atoms with van der Waals surface area (Å²) in [4.78, 5) is 22.5. The van der Waals surface area contributed by atoms with E-state index in [0.717, 1.165) is 19.3 Å². The van der Waals surface area contributed by atoms with Gasteiger partial charge < -0.3 is 10.4 Å². The topological polar surface area (TPSA) is 92.5 Å². The summed E-state index contributed by atoms with van der Waals surface area (Å²) >= 11 is 3.10. The average Bonchev–Trinajstić information content (AvgIpc) is 2.45. The molecule has 1 aromatic rings. The largest absolute Gasteiger partial charge is 0.388 e. The second-order valence-electron chi connectivity index (χ2n) is 5.36. The summed E-state index contributed by atoms with van der Waals surface area (Å²) in [6.07, 6.45) is 4.35. The van der Waals surface area contributed by atoms with E-state index in [4.69, 9.17) is 0 Å². The fourth-order valence-corrected chi connectivity index (χ4v) is 3.15. The zero-order chi connectivity index (χ0) is 15.5. The third kappa shape index (κ3) is 3.79. The Morgan fingerprint density at radius 3 is 2.67 bits per heavy atom. The number of carbonyl (C=O) groups excluding carboxylic acids is 1. The van der Waals surface area contributed by atoms with Crippen LogP contribution in [0.15, 0.2) is 22.7 Å². The summed E-state index contributed by atoms with van der Waals surface area (Å²) in [5.41, 5.74) is -0.816. The molecule has 2 N–H and O–H groups in total. The minimum absolute atomic E-state index is 0.154. The minimum atomic E-state index is -0.860. The molecule has 1 saturated carbocycles. The molecule has 0 radical (unpaired) electrons. The van der Waals surface area contributed by atoms with Crippen molar-refractivity contribution in [2.45, 2.75) is 37.7 Å². The summed E-state index contributed by atoms with van der Waals surface area (Å²) < 4.78 is 0.156. The van der Waals surface area contributed by atoms with Crippen LogP contribution < -0.4 is 5.32 Å². The number of nitrogens with one attached hydrogen (secondary N) is 1. The van der Waals surface area contributed by atoms with Gasteiger partial charge in [-0.3, -0.25) is 14.9 Å². The third-order valence-corrected chi connectivity index (χ3v) is 4.62. The molecule has 1 aromatic carbocycles. The summed E-state index contributed by atoms with van der Waals surface area (Å²) in [6, 6.07) is 4.31. The van der Waals surface area contributed by atoms with E-state index in [9.17, 15) is 20.0 Å². The number of halogens is 1. The van der Waals surface area contributed by atoms with Gasteiger partial charge in [-0.2, -0.15) is 0 Å². The Morgan fingerprint density at radius 1 is 1.38 bits per heavy atom. The van der Waals surface area contributed by atoms with Crippen LogP contribution >= 0.6 is 15.9 Å². The predicted molar refractivity (Wildman–Crippen MR) is 81.2 cm³/mol. The number of amides is 1. The standard InChI is InChI=1S/C14H17BrN2O4/c15-12-10(5-4-6-11(12)17(20)21)13(18)16-9-14(19)7-2-1-3-8-14/h4-6,19H,1-3,7-9H2,(H,16,18). The number of rotatable bonds is 4. The Morgan fingerprint density at radius 2 is 2.05 bits per heavy atom. The van der Waals surface area contributed by atoms with Crippen LogP contribution in [0.5, 0.6) is 0 Å². The van der Waals surface area contributed by atoms with Crippen LogP contribution in [0.1, 0.15) is 42.5 Å². The van der Waals surface area contributed by atoms with Crippen LogP contribution in [-0.4, -0.2) is 28.1 Å². The maximum Gasteiger partial charge on any atom is 0.284 e. The molecule has 0 heterocycles. The molecule has 0 unspecified atom stereocenters. The highest BCUT2D eigenvalue weighted by molar-refractivity contribution is 9.10. The Hall–Kier alpha value is -1.47. The van der Waals surface area contributed by atoms with Gasteiger partial charge in [-0.25, -0.2) is 0 Å². The molecule has 2 rings (SSSR count). The van der Waals surface area contributed by atoms with Crippen LogP contribution in [0, 0.1) is 10.1 Å². The van der Waals surface area contributed by atoms with Crippen molar-refractivity contribution in [1.82, 2.24) is 5.32 Å². The molecule has 0 atom stereocenters. The summed E-state index contributed by atoms with van der Waals surface area (Å²) in [5, 5.41) is 23.9. The number of hydrogen-bond acceptors (Lipinski definition) is 4. The molecule has 1 fully saturated rings. The summed E-state index contributed by atoms with van der Waals surface area (Å²) in [5.74, 6) is -0.426. The van der Waals surface area contributed by atoms with Gasteiger partial charge in [0, 0.05) is 12.6 Å². The highest BCUT2D eigenvalue weighted by atomic mass is 79.9. The monoisotopic (exact) mass is 356 g/mol. The van der Waals surface area contributed by atoms with Gasteiger partial charge in [-0.05, 0) is 34.8 Å². The van der Waals surface area contributed by atoms with Crippen molar-refractivity contribution in [2.24, 2.45) is 0 Å². The molecule has 7 heteroatoms. The normalized spacial score (nSPS) is 17.2. The first-order valence-corrected chi connectivity index (χ1v) is 7.66. The average molecular weight is 357 g/mol. The molecule has 0 saturated heterocycles.